The van der Waals surface area contributed by atoms with Crippen LogP contribution in [-0.2, 0) is 60.8 Å². The molecule has 10 amide bonds. The number of carbonyl (C=O) groups excluding carboxylic acids is 10. The molecule has 0 spiro atoms. The smallest absolute Gasteiger partial charge is 0.246 e. The summed E-state index contributed by atoms with van der Waals surface area (Å²) in [4.78, 5) is 148. The van der Waals surface area contributed by atoms with Crippen molar-refractivity contribution in [2.45, 2.75) is 176 Å². The Balaban J connectivity index is 1.59. The second kappa shape index (κ2) is 35.9. The number of benzene rings is 2. The number of amides is 10. The zero-order chi connectivity index (χ0) is 61.0. The summed E-state index contributed by atoms with van der Waals surface area (Å²) in [6.45, 7) is 1.10. The fraction of sp³-hybridized carbons (Fsp3) is 0.621. The summed E-state index contributed by atoms with van der Waals surface area (Å²) in [5.74, 6) is -6.95. The molecule has 0 radical (unpaired) electrons. The van der Waals surface area contributed by atoms with Gasteiger partial charge in [0, 0.05) is 25.9 Å². The third kappa shape index (κ3) is 20.6. The predicted octanol–water partition coefficient (Wildman–Crippen LogP) is -3.22. The topological polar surface area (TPSA) is 430 Å². The van der Waals surface area contributed by atoms with Crippen LogP contribution in [0, 0.1) is 0 Å². The van der Waals surface area contributed by atoms with Gasteiger partial charge in [-0.1, -0.05) is 60.7 Å². The molecule has 5 rings (SSSR count). The minimum Gasteiger partial charge on any atom is -0.343 e. The van der Waals surface area contributed by atoms with Gasteiger partial charge >= 0.3 is 0 Å². The van der Waals surface area contributed by atoms with E-state index in [9.17, 15) is 47.9 Å². The fourth-order valence-corrected chi connectivity index (χ4v) is 10.8. The maximum absolute atomic E-state index is 14.9. The van der Waals surface area contributed by atoms with Crippen LogP contribution in [0.15, 0.2) is 60.7 Å². The average molecular weight is 1170 g/mol. The van der Waals surface area contributed by atoms with Gasteiger partial charge in [-0.15, -0.1) is 0 Å². The summed E-state index contributed by atoms with van der Waals surface area (Å²) in [6, 6.07) is 5.51. The Morgan fingerprint density at radius 2 is 0.548 bits per heavy atom. The number of carbonyl (C=O) groups is 10. The van der Waals surface area contributed by atoms with E-state index in [4.69, 9.17) is 34.4 Å². The van der Waals surface area contributed by atoms with Crippen LogP contribution < -0.4 is 76.9 Å². The molecule has 3 aliphatic heterocycles. The standard InChI is InChI=1S/C58H92N16O10/c59-27-7-19-39-49(75)67-41(21-9-29-61)53(79)71-45(35-37-15-3-1-4-16-37)57(83)73-33-13-25-47(73)55(81)69-43(23-11-31-63)51(77)66-40(20-8-28-60)50(76)68-42(22-10-30-62)54(80)72-46(36-38-17-5-2-6-18-38)58(84)74-34-14-26-48(74)56(82)70-44(24-12-32-64)52(78)65-39/h1-6,15-18,39-48H,7-14,19-36,59-64H2,(H,65,78)(H,66,77)(H,67,75)(H,68,76)(H,69,81)(H,70,82)(H,71,79)(H,72,80)/t39-,40-,41-,42-,43-,44+,45+,46+,47-,48-/m0/s1. The van der Waals surface area contributed by atoms with Gasteiger partial charge < -0.3 is 86.7 Å². The van der Waals surface area contributed by atoms with Crippen LogP contribution in [0.3, 0.4) is 0 Å². The van der Waals surface area contributed by atoms with Crippen molar-refractivity contribution in [1.29, 1.82) is 0 Å². The van der Waals surface area contributed by atoms with Crippen molar-refractivity contribution >= 4 is 59.1 Å². The van der Waals surface area contributed by atoms with Crippen molar-refractivity contribution in [2.24, 2.45) is 34.4 Å². The third-order valence-corrected chi connectivity index (χ3v) is 15.5. The first-order valence-electron chi connectivity index (χ1n) is 29.9. The summed E-state index contributed by atoms with van der Waals surface area (Å²) in [6.07, 6.45) is 3.05. The molecule has 0 saturated carbocycles. The highest BCUT2D eigenvalue weighted by Crippen LogP contribution is 2.23. The number of rotatable bonds is 22. The SMILES string of the molecule is NCCC[C@@H]1NC(=O)[C@H](CCCN)NC(=O)[C@@H]2CCCN2C(=O)[C@@H](Cc2ccccc2)NC(=O)[C@H](CCCN)NC(=O)[C@H](CCCN)NC(=O)[C@@H](CCCN)NC(=O)[C@@H]2CCCN2C(=O)[C@@H](Cc2ccccc2)NC(=O)[C@H](CCCN)NC1=O. The Kier molecular flexibility index (Phi) is 28.9. The lowest BCUT2D eigenvalue weighted by atomic mass is 10.0. The summed E-state index contributed by atoms with van der Waals surface area (Å²) in [5, 5.41) is 22.4. The molecule has 2 aromatic carbocycles. The van der Waals surface area contributed by atoms with Crippen molar-refractivity contribution < 1.29 is 47.9 Å². The van der Waals surface area contributed by atoms with Gasteiger partial charge in [-0.3, -0.25) is 47.9 Å². The number of hydrogen-bond acceptors (Lipinski definition) is 16. The molecule has 84 heavy (non-hydrogen) atoms. The van der Waals surface area contributed by atoms with Crippen LogP contribution in [0.2, 0.25) is 0 Å². The van der Waals surface area contributed by atoms with Crippen LogP contribution >= 0.6 is 0 Å². The maximum atomic E-state index is 14.9. The van der Waals surface area contributed by atoms with Gasteiger partial charge in [-0.25, -0.2) is 0 Å². The Morgan fingerprint density at radius 3 is 0.786 bits per heavy atom. The van der Waals surface area contributed by atoms with E-state index < -0.39 is 119 Å². The monoisotopic (exact) mass is 1170 g/mol. The summed E-state index contributed by atoms with van der Waals surface area (Å²) >= 11 is 0. The van der Waals surface area contributed by atoms with Crippen molar-refractivity contribution in [2.75, 3.05) is 52.4 Å². The van der Waals surface area contributed by atoms with Crippen molar-refractivity contribution in [3.05, 3.63) is 71.8 Å². The number of nitrogens with zero attached hydrogens (tertiary/aromatic N) is 2. The van der Waals surface area contributed by atoms with Crippen LogP contribution in [0.5, 0.6) is 0 Å². The van der Waals surface area contributed by atoms with Gasteiger partial charge in [0.25, 0.3) is 0 Å². The molecule has 2 aromatic rings. The summed E-state index contributed by atoms with van der Waals surface area (Å²) < 4.78 is 0. The Labute approximate surface area is 492 Å². The van der Waals surface area contributed by atoms with Gasteiger partial charge in [0.05, 0.1) is 0 Å². The summed E-state index contributed by atoms with van der Waals surface area (Å²) in [5.41, 5.74) is 36.9. The lowest BCUT2D eigenvalue weighted by Crippen LogP contribution is -2.61. The zero-order valence-corrected chi connectivity index (χ0v) is 48.4. The molecule has 464 valence electrons. The first-order chi connectivity index (χ1) is 40.6. The first kappa shape index (κ1) is 67.7. The summed E-state index contributed by atoms with van der Waals surface area (Å²) in [7, 11) is 0. The minimum absolute atomic E-state index is 0.0114. The molecule has 26 nitrogen and oxygen atoms in total. The molecule has 3 heterocycles. The van der Waals surface area contributed by atoms with E-state index in [2.05, 4.69) is 42.5 Å². The van der Waals surface area contributed by atoms with E-state index in [0.29, 0.717) is 24.0 Å². The number of fused-ring (bicyclic) bond motifs is 2. The molecule has 10 atom stereocenters. The molecular weight excluding hydrogens is 1080 g/mol. The highest BCUT2D eigenvalue weighted by molar-refractivity contribution is 6.00. The van der Waals surface area contributed by atoms with E-state index in [1.165, 1.54) is 9.80 Å². The van der Waals surface area contributed by atoms with E-state index >= 15 is 0 Å². The molecule has 0 aromatic heterocycles. The molecule has 0 unspecified atom stereocenters. The van der Waals surface area contributed by atoms with Crippen molar-refractivity contribution in [3.63, 3.8) is 0 Å². The third-order valence-electron chi connectivity index (χ3n) is 15.5. The highest BCUT2D eigenvalue weighted by Gasteiger charge is 2.43. The van der Waals surface area contributed by atoms with E-state index in [0.717, 1.165) is 0 Å². The molecule has 26 heteroatoms. The predicted molar refractivity (Wildman–Crippen MR) is 315 cm³/mol. The molecule has 0 bridgehead atoms. The molecule has 3 fully saturated rings. The van der Waals surface area contributed by atoms with Crippen LogP contribution in [0.1, 0.15) is 114 Å². The second-order valence-corrected chi connectivity index (χ2v) is 21.8. The molecule has 3 saturated heterocycles. The highest BCUT2D eigenvalue weighted by atomic mass is 16.2. The van der Waals surface area contributed by atoms with Gasteiger partial charge in [0.2, 0.25) is 59.1 Å². The Morgan fingerprint density at radius 1 is 0.321 bits per heavy atom. The van der Waals surface area contributed by atoms with Crippen molar-refractivity contribution in [1.82, 2.24) is 52.3 Å². The van der Waals surface area contributed by atoms with Crippen LogP contribution in [0.25, 0.3) is 0 Å². The molecule has 0 aliphatic carbocycles. The normalized spacial score (nSPS) is 25.9. The van der Waals surface area contributed by atoms with Crippen LogP contribution in [0.4, 0.5) is 0 Å². The molecular formula is C58H92N16O10. The molecule has 20 N–H and O–H groups in total. The van der Waals surface area contributed by atoms with E-state index in [1.807, 2.05) is 0 Å². The van der Waals surface area contributed by atoms with Gasteiger partial charge in [0.1, 0.15) is 60.4 Å². The Hall–Kier alpha value is -7.10. The lowest BCUT2D eigenvalue weighted by Gasteiger charge is -2.32. The number of nitrogens with one attached hydrogen (secondary N) is 8. The van der Waals surface area contributed by atoms with Crippen molar-refractivity contribution in [3.8, 4) is 0 Å². The first-order valence-corrected chi connectivity index (χ1v) is 29.9. The zero-order valence-electron chi connectivity index (χ0n) is 48.4. The maximum Gasteiger partial charge on any atom is 0.246 e. The van der Waals surface area contributed by atoms with E-state index in [1.54, 1.807) is 60.7 Å². The van der Waals surface area contributed by atoms with Gasteiger partial charge in [-0.2, -0.15) is 0 Å². The molecule has 3 aliphatic rings. The quantitative estimate of drug-likeness (QED) is 0.0552. The van der Waals surface area contributed by atoms with E-state index in [-0.39, 0.29) is 155 Å². The average Bonchev–Trinajstić information content (AvgIpc) is 4.36. The minimum atomic E-state index is -1.27. The number of nitrogens with two attached hydrogens (primary N) is 6. The van der Waals surface area contributed by atoms with Crippen LogP contribution in [-0.4, -0.2) is 182 Å². The fourth-order valence-electron chi connectivity index (χ4n) is 10.8. The Bertz CT molecular complexity index is 2310. The van der Waals surface area contributed by atoms with Gasteiger partial charge in [0.15, 0.2) is 0 Å². The second-order valence-electron chi connectivity index (χ2n) is 21.8. The van der Waals surface area contributed by atoms with Gasteiger partial charge in [-0.05, 0) is 153 Å². The largest absolute Gasteiger partial charge is 0.343 e. The lowest BCUT2D eigenvalue weighted by molar-refractivity contribution is -0.143. The number of hydrogen-bond donors (Lipinski definition) is 14.